The van der Waals surface area contributed by atoms with Crippen LogP contribution in [0.5, 0.6) is 0 Å². The number of hydrogen-bond acceptors (Lipinski definition) is 3. The molecule has 6 nitrogen and oxygen atoms in total. The molecular weight excluding hydrogens is 270 g/mol. The third-order valence-electron chi connectivity index (χ3n) is 3.85. The fraction of sp³-hybridized carbons (Fsp3) is 0.267. The van der Waals surface area contributed by atoms with Gasteiger partial charge in [-0.3, -0.25) is 9.89 Å². The summed E-state index contributed by atoms with van der Waals surface area (Å²) >= 11 is 0. The zero-order valence-electron chi connectivity index (χ0n) is 11.5. The predicted octanol–water partition coefficient (Wildman–Crippen LogP) is 1.37. The van der Waals surface area contributed by atoms with E-state index in [1.807, 2.05) is 24.3 Å². The summed E-state index contributed by atoms with van der Waals surface area (Å²) < 4.78 is 0. The number of hydrogen-bond donors (Lipinski definition) is 2. The van der Waals surface area contributed by atoms with Crippen LogP contribution in [0, 0.1) is 6.92 Å². The van der Waals surface area contributed by atoms with E-state index in [0.717, 1.165) is 11.1 Å². The highest BCUT2D eigenvalue weighted by atomic mass is 16.4. The molecule has 0 aliphatic carbocycles. The third kappa shape index (κ3) is 2.29. The molecule has 0 saturated heterocycles. The van der Waals surface area contributed by atoms with Gasteiger partial charge in [0.05, 0.1) is 11.8 Å². The Hall–Kier alpha value is -2.63. The van der Waals surface area contributed by atoms with Gasteiger partial charge in [0.15, 0.2) is 0 Å². The first-order valence-electron chi connectivity index (χ1n) is 6.68. The van der Waals surface area contributed by atoms with Crippen molar-refractivity contribution in [2.75, 3.05) is 0 Å². The normalized spacial score (nSPS) is 17.4. The maximum absolute atomic E-state index is 12.6. The monoisotopic (exact) mass is 285 g/mol. The Kier molecular flexibility index (Phi) is 3.21. The van der Waals surface area contributed by atoms with Crippen LogP contribution in [-0.2, 0) is 17.8 Å². The van der Waals surface area contributed by atoms with Crippen molar-refractivity contribution < 1.29 is 14.7 Å². The molecule has 1 aliphatic heterocycles. The van der Waals surface area contributed by atoms with E-state index in [0.29, 0.717) is 24.2 Å². The van der Waals surface area contributed by atoms with Gasteiger partial charge >= 0.3 is 5.97 Å². The molecule has 1 aromatic carbocycles. The fourth-order valence-electron chi connectivity index (χ4n) is 2.68. The Morgan fingerprint density at radius 2 is 2.05 bits per heavy atom. The van der Waals surface area contributed by atoms with Crippen molar-refractivity contribution in [1.82, 2.24) is 15.1 Å². The molecule has 1 atom stereocenters. The van der Waals surface area contributed by atoms with Crippen molar-refractivity contribution in [2.24, 2.45) is 0 Å². The first-order chi connectivity index (χ1) is 10.1. The highest BCUT2D eigenvalue weighted by molar-refractivity contribution is 5.97. The molecule has 2 aromatic rings. The minimum absolute atomic E-state index is 0.302. The number of H-pyrrole nitrogens is 1. The molecule has 2 heterocycles. The number of nitrogens with zero attached hydrogens (tertiary/aromatic N) is 2. The topological polar surface area (TPSA) is 86.3 Å². The van der Waals surface area contributed by atoms with Gasteiger partial charge in [-0.05, 0) is 18.1 Å². The standard InChI is InChI=1S/C15H15N3O3/c1-9-12(7-16-17-9)14(19)18-8-11-5-3-2-4-10(11)6-13(18)15(20)21/h2-5,7,13H,6,8H2,1H3,(H,16,17)(H,20,21)/t13-/m0/s1. The second-order valence-electron chi connectivity index (χ2n) is 5.17. The van der Waals surface area contributed by atoms with Crippen molar-refractivity contribution in [3.8, 4) is 0 Å². The maximum Gasteiger partial charge on any atom is 0.326 e. The number of carbonyl (C=O) groups is 2. The van der Waals surface area contributed by atoms with E-state index in [-0.39, 0.29) is 5.91 Å². The van der Waals surface area contributed by atoms with Crippen molar-refractivity contribution in [2.45, 2.75) is 25.9 Å². The molecule has 108 valence electrons. The Labute approximate surface area is 121 Å². The number of benzene rings is 1. The first-order valence-corrected chi connectivity index (χ1v) is 6.68. The molecule has 1 aromatic heterocycles. The lowest BCUT2D eigenvalue weighted by molar-refractivity contribution is -0.142. The summed E-state index contributed by atoms with van der Waals surface area (Å²) in [5, 5.41) is 16.0. The van der Waals surface area contributed by atoms with Gasteiger partial charge < -0.3 is 10.0 Å². The average Bonchev–Trinajstić information content (AvgIpc) is 2.91. The van der Waals surface area contributed by atoms with Crippen molar-refractivity contribution >= 4 is 11.9 Å². The molecule has 1 aliphatic rings. The number of carboxylic acid groups (broad SMARTS) is 1. The van der Waals surface area contributed by atoms with Gasteiger partial charge in [0, 0.05) is 18.7 Å². The molecule has 0 bridgehead atoms. The van der Waals surface area contributed by atoms with Crippen molar-refractivity contribution in [3.63, 3.8) is 0 Å². The lowest BCUT2D eigenvalue weighted by Crippen LogP contribution is -2.48. The zero-order valence-corrected chi connectivity index (χ0v) is 11.5. The van der Waals surface area contributed by atoms with Crippen LogP contribution < -0.4 is 0 Å². The lowest BCUT2D eigenvalue weighted by atomic mass is 9.93. The Morgan fingerprint density at radius 1 is 1.33 bits per heavy atom. The van der Waals surface area contributed by atoms with Crippen LogP contribution in [0.1, 0.15) is 27.2 Å². The molecule has 21 heavy (non-hydrogen) atoms. The van der Waals surface area contributed by atoms with Gasteiger partial charge in [0.2, 0.25) is 0 Å². The van der Waals surface area contributed by atoms with E-state index in [1.54, 1.807) is 6.92 Å². The SMILES string of the molecule is Cc1[nH]ncc1C(=O)N1Cc2ccccc2C[C@H]1C(=O)O. The van der Waals surface area contributed by atoms with Gasteiger partial charge in [-0.25, -0.2) is 4.79 Å². The van der Waals surface area contributed by atoms with E-state index < -0.39 is 12.0 Å². The molecule has 0 fully saturated rings. The van der Waals surface area contributed by atoms with Crippen LogP contribution in [0.25, 0.3) is 0 Å². The second-order valence-corrected chi connectivity index (χ2v) is 5.17. The number of aromatic amines is 1. The van der Waals surface area contributed by atoms with Gasteiger partial charge in [0.25, 0.3) is 5.91 Å². The Morgan fingerprint density at radius 3 is 2.67 bits per heavy atom. The molecule has 0 spiro atoms. The van der Waals surface area contributed by atoms with Gasteiger partial charge in [-0.2, -0.15) is 5.10 Å². The van der Waals surface area contributed by atoms with Gasteiger partial charge in [-0.15, -0.1) is 0 Å². The minimum Gasteiger partial charge on any atom is -0.480 e. The van der Waals surface area contributed by atoms with E-state index in [4.69, 9.17) is 0 Å². The van der Waals surface area contributed by atoms with Gasteiger partial charge in [0.1, 0.15) is 6.04 Å². The highest BCUT2D eigenvalue weighted by Gasteiger charge is 2.35. The minimum atomic E-state index is -0.987. The van der Waals surface area contributed by atoms with Crippen LogP contribution >= 0.6 is 0 Å². The van der Waals surface area contributed by atoms with Crippen LogP contribution in [0.4, 0.5) is 0 Å². The number of aryl methyl sites for hydroxylation is 1. The summed E-state index contributed by atoms with van der Waals surface area (Å²) in [5.74, 6) is -1.29. The quantitative estimate of drug-likeness (QED) is 0.872. The van der Waals surface area contributed by atoms with Gasteiger partial charge in [-0.1, -0.05) is 24.3 Å². The summed E-state index contributed by atoms with van der Waals surface area (Å²) in [7, 11) is 0. The Bertz CT molecular complexity index is 708. The number of amides is 1. The number of carboxylic acids is 1. The number of fused-ring (bicyclic) bond motifs is 1. The number of rotatable bonds is 2. The molecule has 0 unspecified atom stereocenters. The average molecular weight is 285 g/mol. The van der Waals surface area contributed by atoms with Crippen molar-refractivity contribution in [1.29, 1.82) is 0 Å². The van der Waals surface area contributed by atoms with Crippen LogP contribution in [0.3, 0.4) is 0 Å². The summed E-state index contributed by atoms with van der Waals surface area (Å²) in [6.07, 6.45) is 1.77. The summed E-state index contributed by atoms with van der Waals surface area (Å²) in [5.41, 5.74) is 3.03. The van der Waals surface area contributed by atoms with Crippen LogP contribution in [0.2, 0.25) is 0 Å². The first kappa shape index (κ1) is 13.4. The molecular formula is C15H15N3O3. The van der Waals surface area contributed by atoms with E-state index in [2.05, 4.69) is 10.2 Å². The van der Waals surface area contributed by atoms with E-state index in [1.165, 1.54) is 11.1 Å². The van der Waals surface area contributed by atoms with E-state index in [9.17, 15) is 14.7 Å². The largest absolute Gasteiger partial charge is 0.480 e. The molecule has 2 N–H and O–H groups in total. The zero-order chi connectivity index (χ0) is 15.0. The number of nitrogens with one attached hydrogen (secondary N) is 1. The molecule has 6 heteroatoms. The number of aromatic nitrogens is 2. The predicted molar refractivity (Wildman–Crippen MR) is 74.8 cm³/mol. The summed E-state index contributed by atoms with van der Waals surface area (Å²) in [6, 6.07) is 6.77. The Balaban J connectivity index is 1.98. The van der Waals surface area contributed by atoms with Crippen LogP contribution in [0.15, 0.2) is 30.5 Å². The fourth-order valence-corrected chi connectivity index (χ4v) is 2.68. The lowest BCUT2D eigenvalue weighted by Gasteiger charge is -2.34. The molecule has 0 radical (unpaired) electrons. The second kappa shape index (κ2) is 5.05. The highest BCUT2D eigenvalue weighted by Crippen LogP contribution is 2.25. The molecule has 3 rings (SSSR count). The van der Waals surface area contributed by atoms with Crippen LogP contribution in [-0.4, -0.2) is 38.1 Å². The summed E-state index contributed by atoms with van der Waals surface area (Å²) in [6.45, 7) is 2.05. The number of carbonyl (C=O) groups excluding carboxylic acids is 1. The smallest absolute Gasteiger partial charge is 0.326 e. The number of aliphatic carboxylic acids is 1. The molecule has 1 amide bonds. The van der Waals surface area contributed by atoms with E-state index >= 15 is 0 Å². The summed E-state index contributed by atoms with van der Waals surface area (Å²) in [4.78, 5) is 25.5. The molecule has 0 saturated carbocycles. The van der Waals surface area contributed by atoms with Crippen molar-refractivity contribution in [3.05, 3.63) is 52.8 Å². The maximum atomic E-state index is 12.6. The third-order valence-corrected chi connectivity index (χ3v) is 3.85.